The second-order valence-electron chi connectivity index (χ2n) is 4.64. The third-order valence-electron chi connectivity index (χ3n) is 2.42. The first-order chi connectivity index (χ1) is 10.5. The van der Waals surface area contributed by atoms with Gasteiger partial charge >= 0.3 is 0 Å². The number of anilines is 1. The van der Waals surface area contributed by atoms with Crippen LogP contribution in [0.3, 0.4) is 0 Å². The van der Waals surface area contributed by atoms with Crippen LogP contribution in [0.1, 0.15) is 13.8 Å². The van der Waals surface area contributed by atoms with Crippen molar-refractivity contribution in [1.82, 2.24) is 15.2 Å². The van der Waals surface area contributed by atoms with Gasteiger partial charge in [0.2, 0.25) is 5.91 Å². The van der Waals surface area contributed by atoms with Crippen molar-refractivity contribution in [2.75, 3.05) is 11.1 Å². The minimum atomic E-state index is -0.353. The maximum absolute atomic E-state index is 12.0. The van der Waals surface area contributed by atoms with Crippen molar-refractivity contribution < 1.29 is 9.53 Å². The fourth-order valence-electron chi connectivity index (χ4n) is 1.61. The van der Waals surface area contributed by atoms with Crippen molar-refractivity contribution in [3.05, 3.63) is 40.8 Å². The molecule has 1 heterocycles. The quantitative estimate of drug-likeness (QED) is 0.786. The Morgan fingerprint density at radius 3 is 2.91 bits per heavy atom. The molecular weight excluding hydrogens is 304 g/mol. The molecule has 1 aromatic carbocycles. The zero-order chi connectivity index (χ0) is 15.9. The van der Waals surface area contributed by atoms with Gasteiger partial charge in [-0.15, -0.1) is 5.10 Å². The zero-order valence-corrected chi connectivity index (χ0v) is 13.0. The van der Waals surface area contributed by atoms with Gasteiger partial charge in [0, 0.05) is 0 Å². The largest absolute Gasteiger partial charge is 0.489 e. The summed E-state index contributed by atoms with van der Waals surface area (Å²) in [5.74, 6) is 0.491. The molecule has 1 amide bonds. The van der Waals surface area contributed by atoms with Crippen LogP contribution in [-0.2, 0) is 4.79 Å². The van der Waals surface area contributed by atoms with Gasteiger partial charge in [0.1, 0.15) is 11.9 Å². The third kappa shape index (κ3) is 4.88. The molecule has 0 bridgehead atoms. The van der Waals surface area contributed by atoms with Crippen molar-refractivity contribution in [2.24, 2.45) is 0 Å². The molecule has 0 fully saturated rings. The van der Waals surface area contributed by atoms with Crippen molar-refractivity contribution in [3.63, 3.8) is 0 Å². The second-order valence-corrected chi connectivity index (χ2v) is 5.60. The summed E-state index contributed by atoms with van der Waals surface area (Å²) in [4.78, 5) is 25.6. The van der Waals surface area contributed by atoms with Crippen molar-refractivity contribution in [3.8, 4) is 5.75 Å². The second kappa shape index (κ2) is 7.60. The molecule has 2 N–H and O–H groups in total. The van der Waals surface area contributed by atoms with E-state index < -0.39 is 0 Å². The van der Waals surface area contributed by atoms with Crippen LogP contribution < -0.4 is 15.6 Å². The van der Waals surface area contributed by atoms with E-state index in [1.165, 1.54) is 0 Å². The molecule has 2 aromatic rings. The normalized spacial score (nSPS) is 10.5. The molecule has 8 heteroatoms. The maximum atomic E-state index is 12.0. The van der Waals surface area contributed by atoms with Crippen LogP contribution >= 0.6 is 11.8 Å². The molecule has 0 aliphatic heterocycles. The minimum Gasteiger partial charge on any atom is -0.489 e. The van der Waals surface area contributed by atoms with Gasteiger partial charge in [-0.05, 0) is 26.0 Å². The lowest BCUT2D eigenvalue weighted by Gasteiger charge is -2.14. The summed E-state index contributed by atoms with van der Waals surface area (Å²) < 4.78 is 5.63. The summed E-state index contributed by atoms with van der Waals surface area (Å²) in [7, 11) is 0. The van der Waals surface area contributed by atoms with Gasteiger partial charge in [0.15, 0.2) is 5.16 Å². The topological polar surface area (TPSA) is 97.0 Å². The predicted molar refractivity (Wildman–Crippen MR) is 84.2 cm³/mol. The van der Waals surface area contributed by atoms with E-state index in [1.807, 2.05) is 26.0 Å². The van der Waals surface area contributed by atoms with Crippen LogP contribution in [-0.4, -0.2) is 32.9 Å². The predicted octanol–water partition coefficient (Wildman–Crippen LogP) is 1.68. The van der Waals surface area contributed by atoms with Gasteiger partial charge in [-0.25, -0.2) is 0 Å². The molecule has 0 aliphatic carbocycles. The lowest BCUT2D eigenvalue weighted by atomic mass is 10.3. The number of amides is 1. The van der Waals surface area contributed by atoms with E-state index in [0.717, 1.165) is 18.0 Å². The number of thioether (sulfide) groups is 1. The molecule has 0 saturated carbocycles. The highest BCUT2D eigenvalue weighted by Crippen LogP contribution is 2.25. The number of aromatic amines is 1. The summed E-state index contributed by atoms with van der Waals surface area (Å²) in [5, 5.41) is 10.3. The number of rotatable bonds is 6. The molecule has 0 saturated heterocycles. The molecule has 0 aliphatic rings. The van der Waals surface area contributed by atoms with Gasteiger partial charge in [0.25, 0.3) is 5.56 Å². The van der Waals surface area contributed by atoms with E-state index >= 15 is 0 Å². The number of H-pyrrole nitrogens is 1. The number of hydrogen-bond acceptors (Lipinski definition) is 6. The van der Waals surface area contributed by atoms with Crippen LogP contribution in [0.15, 0.2) is 40.4 Å². The first-order valence-corrected chi connectivity index (χ1v) is 7.63. The highest BCUT2D eigenvalue weighted by Gasteiger charge is 2.10. The highest BCUT2D eigenvalue weighted by molar-refractivity contribution is 7.99. The number of benzene rings is 1. The van der Waals surface area contributed by atoms with Gasteiger partial charge in [0.05, 0.1) is 17.5 Å². The Balaban J connectivity index is 1.96. The summed E-state index contributed by atoms with van der Waals surface area (Å²) in [6.07, 6.45) is 1.08. The smallest absolute Gasteiger partial charge is 0.270 e. The highest BCUT2D eigenvalue weighted by atomic mass is 32.2. The molecule has 7 nitrogen and oxygen atoms in total. The molecule has 1 aromatic heterocycles. The lowest BCUT2D eigenvalue weighted by Crippen LogP contribution is -2.17. The summed E-state index contributed by atoms with van der Waals surface area (Å²) in [6, 6.07) is 7.22. The molecule has 0 radical (unpaired) electrons. The van der Waals surface area contributed by atoms with E-state index in [1.54, 1.807) is 12.1 Å². The summed E-state index contributed by atoms with van der Waals surface area (Å²) in [5.41, 5.74) is 0.253. The van der Waals surface area contributed by atoms with Crippen molar-refractivity contribution >= 4 is 23.4 Å². The number of nitrogens with zero attached hydrogens (tertiary/aromatic N) is 2. The monoisotopic (exact) mass is 320 g/mol. The van der Waals surface area contributed by atoms with Crippen LogP contribution in [0.2, 0.25) is 0 Å². The lowest BCUT2D eigenvalue weighted by molar-refractivity contribution is -0.113. The Morgan fingerprint density at radius 2 is 2.18 bits per heavy atom. The van der Waals surface area contributed by atoms with Gasteiger partial charge in [-0.2, -0.15) is 5.10 Å². The number of aromatic nitrogens is 3. The first-order valence-electron chi connectivity index (χ1n) is 6.65. The van der Waals surface area contributed by atoms with E-state index in [0.29, 0.717) is 16.6 Å². The molecule has 2 rings (SSSR count). The Morgan fingerprint density at radius 1 is 1.41 bits per heavy atom. The van der Waals surface area contributed by atoms with Gasteiger partial charge in [-0.3, -0.25) is 14.6 Å². The Hall–Kier alpha value is -2.35. The Bertz CT molecular complexity index is 702. The number of hydrogen-bond donors (Lipinski definition) is 2. The molecule has 0 unspecified atom stereocenters. The molecular formula is C14H16N4O3S. The standard InChI is InChI=1S/C14H16N4O3S/c1-9(2)21-11-6-4-3-5-10(11)16-13(20)8-22-14-17-12(19)7-15-18-14/h3-7,9H,8H2,1-2H3,(H,16,20)(H,17,18,19). The SMILES string of the molecule is CC(C)Oc1ccccc1NC(=O)CSc1nncc(=O)[nH]1. The molecule has 0 atom stereocenters. The third-order valence-corrected chi connectivity index (χ3v) is 3.28. The maximum Gasteiger partial charge on any atom is 0.270 e. The van der Waals surface area contributed by atoms with Crippen LogP contribution in [0.25, 0.3) is 0 Å². The fraction of sp³-hybridized carbons (Fsp3) is 0.286. The fourth-order valence-corrected chi connectivity index (χ4v) is 2.23. The average molecular weight is 320 g/mol. The molecule has 22 heavy (non-hydrogen) atoms. The van der Waals surface area contributed by atoms with Crippen LogP contribution in [0.4, 0.5) is 5.69 Å². The molecule has 116 valence electrons. The number of nitrogens with one attached hydrogen (secondary N) is 2. The Kier molecular flexibility index (Phi) is 5.54. The Labute approximate surface area is 131 Å². The van der Waals surface area contributed by atoms with Gasteiger partial charge in [-0.1, -0.05) is 23.9 Å². The van der Waals surface area contributed by atoms with E-state index in [9.17, 15) is 9.59 Å². The van der Waals surface area contributed by atoms with E-state index in [2.05, 4.69) is 20.5 Å². The zero-order valence-electron chi connectivity index (χ0n) is 12.2. The number of para-hydroxylation sites is 2. The minimum absolute atomic E-state index is 0.0112. The summed E-state index contributed by atoms with van der Waals surface area (Å²) >= 11 is 1.10. The van der Waals surface area contributed by atoms with Gasteiger partial charge < -0.3 is 10.1 Å². The van der Waals surface area contributed by atoms with Crippen LogP contribution in [0, 0.1) is 0 Å². The number of carbonyl (C=O) groups excluding carboxylic acids is 1. The van der Waals surface area contributed by atoms with E-state index in [-0.39, 0.29) is 23.3 Å². The van der Waals surface area contributed by atoms with Crippen molar-refractivity contribution in [2.45, 2.75) is 25.1 Å². The number of carbonyl (C=O) groups is 1. The summed E-state index contributed by atoms with van der Waals surface area (Å²) in [6.45, 7) is 3.83. The van der Waals surface area contributed by atoms with Crippen LogP contribution in [0.5, 0.6) is 5.75 Å². The number of ether oxygens (including phenoxy) is 1. The van der Waals surface area contributed by atoms with Crippen molar-refractivity contribution in [1.29, 1.82) is 0 Å². The average Bonchev–Trinajstić information content (AvgIpc) is 2.47. The molecule has 0 spiro atoms. The first kappa shape index (κ1) is 16.0. The van der Waals surface area contributed by atoms with E-state index in [4.69, 9.17) is 4.74 Å².